The molecule has 0 amide bonds. The van der Waals surface area contributed by atoms with Gasteiger partial charge in [-0.2, -0.15) is 0 Å². The van der Waals surface area contributed by atoms with Gasteiger partial charge in [-0.05, 0) is 48.9 Å². The molecule has 0 fully saturated rings. The molecular formula is C17H19Cl2NO. The Morgan fingerprint density at radius 2 is 1.81 bits per heavy atom. The van der Waals surface area contributed by atoms with Crippen molar-refractivity contribution in [2.45, 2.75) is 26.5 Å². The molecule has 2 aromatic carbocycles. The summed E-state index contributed by atoms with van der Waals surface area (Å²) < 4.78 is 5.75. The van der Waals surface area contributed by atoms with Gasteiger partial charge in [0.15, 0.2) is 0 Å². The van der Waals surface area contributed by atoms with E-state index in [4.69, 9.17) is 27.9 Å². The van der Waals surface area contributed by atoms with Crippen LogP contribution < -0.4 is 10.1 Å². The summed E-state index contributed by atoms with van der Waals surface area (Å²) in [5.41, 5.74) is 2.13. The van der Waals surface area contributed by atoms with E-state index >= 15 is 0 Å². The Kier molecular flexibility index (Phi) is 6.37. The summed E-state index contributed by atoms with van der Waals surface area (Å²) in [6, 6.07) is 13.5. The molecule has 112 valence electrons. The smallest absolute Gasteiger partial charge is 0.119 e. The average Bonchev–Trinajstić information content (AvgIpc) is 2.50. The van der Waals surface area contributed by atoms with Crippen LogP contribution in [0.15, 0.2) is 42.5 Å². The maximum absolute atomic E-state index is 6.11. The van der Waals surface area contributed by atoms with E-state index in [1.54, 1.807) is 12.1 Å². The number of hydrogen-bond donors (Lipinski definition) is 1. The summed E-state index contributed by atoms with van der Waals surface area (Å²) in [6.45, 7) is 4.48. The zero-order valence-corrected chi connectivity index (χ0v) is 13.5. The Morgan fingerprint density at radius 1 is 1.05 bits per heavy atom. The second kappa shape index (κ2) is 8.28. The lowest BCUT2D eigenvalue weighted by Crippen LogP contribution is -2.13. The molecule has 0 atom stereocenters. The van der Waals surface area contributed by atoms with Gasteiger partial charge in [-0.1, -0.05) is 42.3 Å². The van der Waals surface area contributed by atoms with E-state index in [1.165, 1.54) is 5.56 Å². The molecule has 2 nitrogen and oxygen atoms in total. The van der Waals surface area contributed by atoms with Gasteiger partial charge >= 0.3 is 0 Å². The van der Waals surface area contributed by atoms with Gasteiger partial charge in [0.2, 0.25) is 0 Å². The summed E-state index contributed by atoms with van der Waals surface area (Å²) in [6.07, 6.45) is 1.14. The van der Waals surface area contributed by atoms with Crippen LogP contribution in [0.3, 0.4) is 0 Å². The van der Waals surface area contributed by atoms with Gasteiger partial charge in [-0.25, -0.2) is 0 Å². The van der Waals surface area contributed by atoms with Crippen LogP contribution in [0.2, 0.25) is 10.0 Å². The van der Waals surface area contributed by atoms with Crippen molar-refractivity contribution in [2.24, 2.45) is 0 Å². The van der Waals surface area contributed by atoms with Crippen molar-refractivity contribution in [3.63, 3.8) is 0 Å². The number of ether oxygens (including phenoxy) is 1. The second-order valence-electron chi connectivity index (χ2n) is 4.85. The van der Waals surface area contributed by atoms with E-state index in [2.05, 4.69) is 24.4 Å². The standard InChI is InChI=1S/C17H19Cl2NO/c1-2-9-20-11-13-3-6-16(7-4-13)21-12-14-10-15(18)5-8-17(14)19/h3-8,10,20H,2,9,11-12H2,1H3. The third-order valence-electron chi connectivity index (χ3n) is 3.08. The molecule has 4 heteroatoms. The molecular weight excluding hydrogens is 305 g/mol. The van der Waals surface area contributed by atoms with Crippen molar-refractivity contribution in [3.8, 4) is 5.75 Å². The highest BCUT2D eigenvalue weighted by molar-refractivity contribution is 6.33. The van der Waals surface area contributed by atoms with Crippen LogP contribution in [0.25, 0.3) is 0 Å². The van der Waals surface area contributed by atoms with Crippen LogP contribution in [0.1, 0.15) is 24.5 Å². The fourth-order valence-corrected chi connectivity index (χ4v) is 2.29. The van der Waals surface area contributed by atoms with Gasteiger partial charge in [0.05, 0.1) is 0 Å². The minimum atomic E-state index is 0.410. The highest BCUT2D eigenvalue weighted by Gasteiger charge is 2.03. The molecule has 21 heavy (non-hydrogen) atoms. The predicted molar refractivity (Wildman–Crippen MR) is 89.2 cm³/mol. The molecule has 0 aromatic heterocycles. The van der Waals surface area contributed by atoms with Gasteiger partial charge in [0.1, 0.15) is 12.4 Å². The molecule has 0 heterocycles. The molecule has 2 rings (SSSR count). The van der Waals surface area contributed by atoms with Gasteiger partial charge in [0, 0.05) is 22.2 Å². The number of rotatable bonds is 7. The maximum Gasteiger partial charge on any atom is 0.119 e. The van der Waals surface area contributed by atoms with E-state index in [-0.39, 0.29) is 0 Å². The van der Waals surface area contributed by atoms with Crippen LogP contribution in [0.4, 0.5) is 0 Å². The van der Waals surface area contributed by atoms with Crippen LogP contribution in [0, 0.1) is 0 Å². The third kappa shape index (κ3) is 5.24. The molecule has 0 aliphatic rings. The first-order chi connectivity index (χ1) is 10.2. The third-order valence-corrected chi connectivity index (χ3v) is 3.69. The van der Waals surface area contributed by atoms with Gasteiger partial charge in [-0.15, -0.1) is 0 Å². The van der Waals surface area contributed by atoms with Crippen molar-refractivity contribution >= 4 is 23.2 Å². The average molecular weight is 324 g/mol. The summed E-state index contributed by atoms with van der Waals surface area (Å²) in [5.74, 6) is 0.824. The largest absolute Gasteiger partial charge is 0.489 e. The second-order valence-corrected chi connectivity index (χ2v) is 5.69. The quantitative estimate of drug-likeness (QED) is 0.718. The zero-order valence-electron chi connectivity index (χ0n) is 12.0. The number of nitrogens with one attached hydrogen (secondary N) is 1. The Hall–Kier alpha value is -1.22. The molecule has 0 spiro atoms. The molecule has 0 unspecified atom stereocenters. The van der Waals surface area contributed by atoms with Crippen LogP contribution >= 0.6 is 23.2 Å². The van der Waals surface area contributed by atoms with Crippen molar-refractivity contribution in [2.75, 3.05) is 6.54 Å². The first-order valence-corrected chi connectivity index (χ1v) is 7.81. The molecule has 0 bridgehead atoms. The van der Waals surface area contributed by atoms with E-state index in [0.29, 0.717) is 16.7 Å². The highest BCUT2D eigenvalue weighted by Crippen LogP contribution is 2.22. The summed E-state index contributed by atoms with van der Waals surface area (Å²) in [4.78, 5) is 0. The van der Waals surface area contributed by atoms with Crippen LogP contribution in [-0.4, -0.2) is 6.54 Å². The molecule has 0 aliphatic carbocycles. The summed E-state index contributed by atoms with van der Waals surface area (Å²) in [7, 11) is 0. The Bertz CT molecular complexity index is 570. The van der Waals surface area contributed by atoms with Crippen LogP contribution in [0.5, 0.6) is 5.75 Å². The van der Waals surface area contributed by atoms with Gasteiger partial charge in [-0.3, -0.25) is 0 Å². The molecule has 0 aliphatic heterocycles. The highest BCUT2D eigenvalue weighted by atomic mass is 35.5. The molecule has 2 aromatic rings. The van der Waals surface area contributed by atoms with E-state index < -0.39 is 0 Å². The van der Waals surface area contributed by atoms with E-state index in [1.807, 2.05) is 18.2 Å². The van der Waals surface area contributed by atoms with Crippen molar-refractivity contribution in [1.29, 1.82) is 0 Å². The minimum Gasteiger partial charge on any atom is -0.489 e. The van der Waals surface area contributed by atoms with Gasteiger partial charge < -0.3 is 10.1 Å². The molecule has 0 radical (unpaired) electrons. The zero-order chi connectivity index (χ0) is 15.1. The van der Waals surface area contributed by atoms with E-state index in [9.17, 15) is 0 Å². The first-order valence-electron chi connectivity index (χ1n) is 7.05. The van der Waals surface area contributed by atoms with E-state index in [0.717, 1.165) is 30.8 Å². The topological polar surface area (TPSA) is 21.3 Å². The molecule has 0 saturated heterocycles. The maximum atomic E-state index is 6.11. The summed E-state index contributed by atoms with van der Waals surface area (Å²) in [5, 5.41) is 4.70. The van der Waals surface area contributed by atoms with Crippen molar-refractivity contribution in [1.82, 2.24) is 5.32 Å². The number of hydrogen-bond acceptors (Lipinski definition) is 2. The monoisotopic (exact) mass is 323 g/mol. The minimum absolute atomic E-state index is 0.410. The molecule has 0 saturated carbocycles. The summed E-state index contributed by atoms with van der Waals surface area (Å²) >= 11 is 12.1. The Labute approximate surface area is 136 Å². The molecule has 1 N–H and O–H groups in total. The Morgan fingerprint density at radius 3 is 2.52 bits per heavy atom. The number of halogens is 2. The number of benzene rings is 2. The first kappa shape index (κ1) is 16.2. The normalized spacial score (nSPS) is 10.6. The SMILES string of the molecule is CCCNCc1ccc(OCc2cc(Cl)ccc2Cl)cc1. The van der Waals surface area contributed by atoms with Gasteiger partial charge in [0.25, 0.3) is 0 Å². The van der Waals surface area contributed by atoms with Crippen molar-refractivity contribution < 1.29 is 4.74 Å². The Balaban J connectivity index is 1.90. The fraction of sp³-hybridized carbons (Fsp3) is 0.294. The lowest BCUT2D eigenvalue weighted by atomic mass is 10.2. The lowest BCUT2D eigenvalue weighted by molar-refractivity contribution is 0.306. The fourth-order valence-electron chi connectivity index (χ4n) is 1.93. The van der Waals surface area contributed by atoms with Crippen molar-refractivity contribution in [3.05, 3.63) is 63.6 Å². The predicted octanol–water partition coefficient (Wildman–Crippen LogP) is 5.07. The van der Waals surface area contributed by atoms with Crippen LogP contribution in [-0.2, 0) is 13.2 Å². The lowest BCUT2D eigenvalue weighted by Gasteiger charge is -2.09.